The van der Waals surface area contributed by atoms with Crippen molar-refractivity contribution in [2.45, 2.75) is 6.04 Å². The predicted octanol–water partition coefficient (Wildman–Crippen LogP) is 2.06. The van der Waals surface area contributed by atoms with Crippen LogP contribution < -0.4 is 9.47 Å². The molecule has 1 fully saturated rings. The van der Waals surface area contributed by atoms with E-state index < -0.39 is 6.09 Å². The molecule has 6 heteroatoms. The summed E-state index contributed by atoms with van der Waals surface area (Å²) in [5.74, 6) is 0.659. The van der Waals surface area contributed by atoms with Gasteiger partial charge in [0.25, 0.3) is 0 Å². The second-order valence-corrected chi connectivity index (χ2v) is 3.90. The number of carbonyl (C=O) groups excluding carboxylic acids is 1. The van der Waals surface area contributed by atoms with Crippen molar-refractivity contribution in [3.8, 4) is 17.6 Å². The summed E-state index contributed by atoms with van der Waals surface area (Å²) in [5, 5.41) is 9.08. The third kappa shape index (κ3) is 2.43. The number of amides is 1. The number of hydrogen-bond donors (Lipinski definition) is 0. The summed E-state index contributed by atoms with van der Waals surface area (Å²) in [6.45, 7) is 0.408. The van der Waals surface area contributed by atoms with E-state index >= 15 is 0 Å². The van der Waals surface area contributed by atoms with Gasteiger partial charge in [-0.25, -0.2) is 4.79 Å². The molecule has 1 amide bonds. The first-order chi connectivity index (χ1) is 8.15. The van der Waals surface area contributed by atoms with E-state index in [0.29, 0.717) is 17.3 Å². The number of hydrogen-bond acceptors (Lipinski definition) is 4. The molecule has 1 saturated heterocycles. The third-order valence-electron chi connectivity index (χ3n) is 2.32. The van der Waals surface area contributed by atoms with E-state index in [-0.39, 0.29) is 11.8 Å². The van der Waals surface area contributed by atoms with Crippen LogP contribution in [0.25, 0.3) is 0 Å². The summed E-state index contributed by atoms with van der Waals surface area (Å²) in [4.78, 5) is 12.9. The molecule has 0 N–H and O–H groups in total. The summed E-state index contributed by atoms with van der Waals surface area (Å²) in [6, 6.07) is 6.28. The number of rotatable bonds is 2. The average Bonchev–Trinajstić information content (AvgIpc) is 3.10. The van der Waals surface area contributed by atoms with Crippen LogP contribution in [-0.4, -0.2) is 30.7 Å². The highest BCUT2D eigenvalue weighted by molar-refractivity contribution is 6.30. The smallest absolute Gasteiger partial charge is 0.416 e. The van der Waals surface area contributed by atoms with Crippen LogP contribution in [0.15, 0.2) is 18.2 Å². The molecule has 0 spiro atoms. The van der Waals surface area contributed by atoms with Gasteiger partial charge in [-0.1, -0.05) is 11.6 Å². The molecule has 5 nitrogen and oxygen atoms in total. The van der Waals surface area contributed by atoms with Gasteiger partial charge in [0.05, 0.1) is 19.7 Å². The molecule has 0 saturated carbocycles. The first-order valence-electron chi connectivity index (χ1n) is 4.87. The van der Waals surface area contributed by atoms with Gasteiger partial charge in [-0.05, 0) is 12.1 Å². The normalized spacial score (nSPS) is 17.2. The molecular weight excluding hydrogens is 244 g/mol. The quantitative estimate of drug-likeness (QED) is 0.756. The molecule has 88 valence electrons. The van der Waals surface area contributed by atoms with Crippen molar-refractivity contribution in [3.63, 3.8) is 0 Å². The van der Waals surface area contributed by atoms with Crippen molar-refractivity contribution in [2.75, 3.05) is 13.7 Å². The maximum atomic E-state index is 11.6. The zero-order chi connectivity index (χ0) is 12.4. The minimum Gasteiger partial charge on any atom is -0.493 e. The Labute approximate surface area is 103 Å². The number of benzene rings is 1. The molecule has 0 bridgehead atoms. The molecule has 1 aliphatic rings. The van der Waals surface area contributed by atoms with Gasteiger partial charge in [0.15, 0.2) is 11.5 Å². The maximum absolute atomic E-state index is 11.6. The van der Waals surface area contributed by atoms with E-state index in [0.717, 1.165) is 0 Å². The second kappa shape index (κ2) is 4.52. The largest absolute Gasteiger partial charge is 0.493 e. The molecule has 0 radical (unpaired) electrons. The number of carbonyl (C=O) groups is 1. The highest BCUT2D eigenvalue weighted by Crippen LogP contribution is 2.31. The molecule has 17 heavy (non-hydrogen) atoms. The zero-order valence-electron chi connectivity index (χ0n) is 9.01. The summed E-state index contributed by atoms with van der Waals surface area (Å²) >= 11 is 5.78. The fourth-order valence-electron chi connectivity index (χ4n) is 1.33. The molecule has 1 heterocycles. The Morgan fingerprint density at radius 2 is 2.35 bits per heavy atom. The van der Waals surface area contributed by atoms with Crippen LogP contribution in [0, 0.1) is 11.3 Å². The van der Waals surface area contributed by atoms with Gasteiger partial charge in [-0.15, -0.1) is 0 Å². The number of nitriles is 1. The lowest BCUT2D eigenvalue weighted by Crippen LogP contribution is -2.18. The summed E-state index contributed by atoms with van der Waals surface area (Å²) < 4.78 is 10.1. The Kier molecular flexibility index (Phi) is 3.07. The fraction of sp³-hybridized carbons (Fsp3) is 0.273. The van der Waals surface area contributed by atoms with Crippen molar-refractivity contribution < 1.29 is 14.3 Å². The standard InChI is InChI=1S/C11H9ClN2O3/c1-16-10-4-7(12)2-3-9(10)17-11(15)14-6-8(14)5-13/h2-4,8H,6H2,1H3. The van der Waals surface area contributed by atoms with Gasteiger partial charge < -0.3 is 9.47 Å². The molecule has 1 unspecified atom stereocenters. The topological polar surface area (TPSA) is 62.3 Å². The lowest BCUT2D eigenvalue weighted by Gasteiger charge is -2.09. The van der Waals surface area contributed by atoms with Crippen LogP contribution in [0.1, 0.15) is 0 Å². The van der Waals surface area contributed by atoms with Crippen molar-refractivity contribution in [3.05, 3.63) is 23.2 Å². The zero-order valence-corrected chi connectivity index (χ0v) is 9.77. The summed E-state index contributed by atoms with van der Waals surface area (Å²) in [6.07, 6.45) is -0.558. The highest BCUT2D eigenvalue weighted by atomic mass is 35.5. The Bertz CT molecular complexity index is 498. The van der Waals surface area contributed by atoms with Crippen LogP contribution in [0.4, 0.5) is 4.79 Å². The van der Waals surface area contributed by atoms with Gasteiger partial charge in [-0.3, -0.25) is 4.90 Å². The van der Waals surface area contributed by atoms with Gasteiger partial charge >= 0.3 is 6.09 Å². The van der Waals surface area contributed by atoms with E-state index in [1.54, 1.807) is 18.2 Å². The Morgan fingerprint density at radius 1 is 1.59 bits per heavy atom. The van der Waals surface area contributed by atoms with Crippen molar-refractivity contribution in [2.24, 2.45) is 0 Å². The maximum Gasteiger partial charge on any atom is 0.416 e. The SMILES string of the molecule is COc1cc(Cl)ccc1OC(=O)N1CC1C#N. The van der Waals surface area contributed by atoms with E-state index in [9.17, 15) is 4.79 Å². The van der Waals surface area contributed by atoms with Crippen LogP contribution in [0.2, 0.25) is 5.02 Å². The molecule has 0 aliphatic carbocycles. The summed E-state index contributed by atoms with van der Waals surface area (Å²) in [5.41, 5.74) is 0. The van der Waals surface area contributed by atoms with Crippen molar-refractivity contribution in [1.82, 2.24) is 4.90 Å². The molecule has 1 aromatic rings. The van der Waals surface area contributed by atoms with Crippen molar-refractivity contribution >= 4 is 17.7 Å². The van der Waals surface area contributed by atoms with Crippen LogP contribution in [0.3, 0.4) is 0 Å². The first-order valence-corrected chi connectivity index (χ1v) is 5.25. The molecule has 0 aromatic heterocycles. The first kappa shape index (κ1) is 11.6. The third-order valence-corrected chi connectivity index (χ3v) is 2.55. The Hall–Kier alpha value is -1.93. The molecule has 1 aromatic carbocycles. The predicted molar refractivity (Wildman–Crippen MR) is 60.1 cm³/mol. The number of halogens is 1. The Balaban J connectivity index is 2.09. The van der Waals surface area contributed by atoms with Gasteiger partial charge in [0, 0.05) is 11.1 Å². The molecule has 1 aliphatic heterocycles. The van der Waals surface area contributed by atoms with Crippen LogP contribution >= 0.6 is 11.6 Å². The van der Waals surface area contributed by atoms with E-state index in [1.165, 1.54) is 12.0 Å². The van der Waals surface area contributed by atoms with Gasteiger partial charge in [-0.2, -0.15) is 5.26 Å². The van der Waals surface area contributed by atoms with E-state index in [1.807, 2.05) is 6.07 Å². The van der Waals surface area contributed by atoms with Crippen LogP contribution in [-0.2, 0) is 0 Å². The number of nitrogens with zero attached hydrogens (tertiary/aromatic N) is 2. The van der Waals surface area contributed by atoms with Gasteiger partial charge in [0.2, 0.25) is 0 Å². The van der Waals surface area contributed by atoms with E-state index in [2.05, 4.69) is 0 Å². The number of methoxy groups -OCH3 is 1. The monoisotopic (exact) mass is 252 g/mol. The molecule has 1 atom stereocenters. The van der Waals surface area contributed by atoms with Crippen LogP contribution in [0.5, 0.6) is 11.5 Å². The fourth-order valence-corrected chi connectivity index (χ4v) is 1.49. The minimum atomic E-state index is -0.558. The lowest BCUT2D eigenvalue weighted by atomic mass is 10.3. The number of ether oxygens (including phenoxy) is 2. The van der Waals surface area contributed by atoms with E-state index in [4.69, 9.17) is 26.3 Å². The average molecular weight is 253 g/mol. The minimum absolute atomic E-state index is 0.283. The highest BCUT2D eigenvalue weighted by Gasteiger charge is 2.40. The lowest BCUT2D eigenvalue weighted by molar-refractivity contribution is 0.182. The summed E-state index contributed by atoms with van der Waals surface area (Å²) in [7, 11) is 1.46. The molecule has 2 rings (SSSR count). The molecular formula is C11H9ClN2O3. The second-order valence-electron chi connectivity index (χ2n) is 3.46. The van der Waals surface area contributed by atoms with Crippen molar-refractivity contribution in [1.29, 1.82) is 5.26 Å². The van der Waals surface area contributed by atoms with Gasteiger partial charge in [0.1, 0.15) is 6.04 Å². The Morgan fingerprint density at radius 3 is 2.94 bits per heavy atom.